The lowest BCUT2D eigenvalue weighted by molar-refractivity contribution is -0.121. The lowest BCUT2D eigenvalue weighted by Gasteiger charge is -2.12. The molecule has 0 spiro atoms. The van der Waals surface area contributed by atoms with Gasteiger partial charge in [-0.25, -0.2) is 13.5 Å². The van der Waals surface area contributed by atoms with Crippen molar-refractivity contribution in [2.75, 3.05) is 0 Å². The molecule has 0 radical (unpaired) electrons. The molecular formula is C18H17F2N3O2. The highest BCUT2D eigenvalue weighted by molar-refractivity contribution is 5.78. The van der Waals surface area contributed by atoms with Gasteiger partial charge in [-0.2, -0.15) is 5.10 Å². The van der Waals surface area contributed by atoms with Crippen molar-refractivity contribution >= 4 is 5.91 Å². The second-order valence-corrected chi connectivity index (χ2v) is 5.52. The Hall–Kier alpha value is -3.09. The molecule has 3 rings (SSSR count). The minimum atomic E-state index is -0.553. The summed E-state index contributed by atoms with van der Waals surface area (Å²) in [7, 11) is 0. The Morgan fingerprint density at radius 2 is 1.84 bits per heavy atom. The summed E-state index contributed by atoms with van der Waals surface area (Å²) >= 11 is 0. The Kier molecular flexibility index (Phi) is 4.83. The van der Waals surface area contributed by atoms with Gasteiger partial charge in [-0.3, -0.25) is 9.59 Å². The van der Waals surface area contributed by atoms with Crippen LogP contribution in [-0.4, -0.2) is 15.7 Å². The molecular weight excluding hydrogens is 328 g/mol. The largest absolute Gasteiger partial charge is 0.322 e. The maximum atomic E-state index is 13.6. The first-order chi connectivity index (χ1) is 12.0. The van der Waals surface area contributed by atoms with Crippen LogP contribution in [0.5, 0.6) is 0 Å². The maximum Gasteiger partial charge on any atom is 0.267 e. The van der Waals surface area contributed by atoms with Crippen LogP contribution in [0.3, 0.4) is 0 Å². The second kappa shape index (κ2) is 7.21. The van der Waals surface area contributed by atoms with Crippen molar-refractivity contribution in [2.45, 2.75) is 19.4 Å². The van der Waals surface area contributed by atoms with Gasteiger partial charge in [0, 0.05) is 13.1 Å². The Morgan fingerprint density at radius 1 is 1.12 bits per heavy atom. The number of amides is 1. The van der Waals surface area contributed by atoms with E-state index in [0.29, 0.717) is 24.1 Å². The van der Waals surface area contributed by atoms with E-state index in [-0.39, 0.29) is 19.5 Å². The van der Waals surface area contributed by atoms with E-state index in [1.807, 2.05) is 0 Å². The van der Waals surface area contributed by atoms with Gasteiger partial charge in [0.1, 0.15) is 18.2 Å². The fraction of sp³-hybridized carbons (Fsp3) is 0.167. The van der Waals surface area contributed by atoms with Crippen molar-refractivity contribution in [1.82, 2.24) is 15.1 Å². The lowest BCUT2D eigenvalue weighted by atomic mass is 10.1. The summed E-state index contributed by atoms with van der Waals surface area (Å²) in [5, 5.41) is 6.56. The number of hydrogen-bond donors (Lipinski definition) is 1. The van der Waals surface area contributed by atoms with Crippen LogP contribution in [0.25, 0.3) is 11.3 Å². The molecule has 1 aromatic heterocycles. The number of halogens is 2. The van der Waals surface area contributed by atoms with Crippen LogP contribution in [0.1, 0.15) is 14.3 Å². The normalized spacial score (nSPS) is 13.8. The molecule has 2 aromatic rings. The van der Waals surface area contributed by atoms with Crippen molar-refractivity contribution in [2.24, 2.45) is 0 Å². The third-order valence-electron chi connectivity index (χ3n) is 3.67. The monoisotopic (exact) mass is 345 g/mol. The molecule has 0 aliphatic heterocycles. The van der Waals surface area contributed by atoms with Crippen molar-refractivity contribution in [3.05, 3.63) is 76.2 Å². The Balaban J connectivity index is 0.00000243. The molecule has 1 heterocycles. The smallest absolute Gasteiger partial charge is 0.267 e. The van der Waals surface area contributed by atoms with Crippen LogP contribution in [0.2, 0.25) is 0 Å². The zero-order chi connectivity index (χ0) is 17.8. The number of allylic oxidation sites excluding steroid dienone is 3. The molecule has 7 heteroatoms. The van der Waals surface area contributed by atoms with Gasteiger partial charge in [-0.05, 0) is 49.2 Å². The van der Waals surface area contributed by atoms with E-state index in [2.05, 4.69) is 10.4 Å². The van der Waals surface area contributed by atoms with Gasteiger partial charge in [0.15, 0.2) is 0 Å². The standard InChI is InChI=1S/C18H15F2N3O2.H2/c19-13-7-5-12(6-8-13)15-9-10-18(25)23(22-15)11-17(24)21-16-4-2-1-3-14(16)20;/h3-10H,1-2,11H2,(H,21,24);1H. The van der Waals surface area contributed by atoms with Crippen molar-refractivity contribution < 1.29 is 15.0 Å². The van der Waals surface area contributed by atoms with E-state index >= 15 is 0 Å². The number of benzene rings is 1. The maximum absolute atomic E-state index is 13.6. The molecule has 0 saturated carbocycles. The summed E-state index contributed by atoms with van der Waals surface area (Å²) in [6.07, 6.45) is 4.22. The summed E-state index contributed by atoms with van der Waals surface area (Å²) in [5.41, 5.74) is 0.684. The highest BCUT2D eigenvalue weighted by atomic mass is 19.1. The van der Waals surface area contributed by atoms with Crippen molar-refractivity contribution in [1.29, 1.82) is 0 Å². The van der Waals surface area contributed by atoms with Crippen LogP contribution in [-0.2, 0) is 11.3 Å². The van der Waals surface area contributed by atoms with Crippen LogP contribution < -0.4 is 10.9 Å². The topological polar surface area (TPSA) is 64.0 Å². The molecule has 1 aliphatic rings. The molecule has 0 fully saturated rings. The van der Waals surface area contributed by atoms with Gasteiger partial charge < -0.3 is 5.32 Å². The highest BCUT2D eigenvalue weighted by Crippen LogP contribution is 2.17. The number of nitrogens with zero attached hydrogens (tertiary/aromatic N) is 2. The molecule has 1 aromatic carbocycles. The molecule has 0 atom stereocenters. The first kappa shape index (κ1) is 16.8. The number of hydrogen-bond acceptors (Lipinski definition) is 3. The quantitative estimate of drug-likeness (QED) is 0.927. The zero-order valence-electron chi connectivity index (χ0n) is 13.2. The minimum absolute atomic E-state index is 0. The average Bonchev–Trinajstić information content (AvgIpc) is 2.60. The zero-order valence-corrected chi connectivity index (χ0v) is 13.2. The van der Waals surface area contributed by atoms with Crippen LogP contribution >= 0.6 is 0 Å². The molecule has 0 unspecified atom stereocenters. The Labute approximate surface area is 143 Å². The van der Waals surface area contributed by atoms with E-state index in [9.17, 15) is 18.4 Å². The molecule has 25 heavy (non-hydrogen) atoms. The van der Waals surface area contributed by atoms with Crippen molar-refractivity contribution in [3.8, 4) is 11.3 Å². The average molecular weight is 345 g/mol. The Morgan fingerprint density at radius 3 is 2.56 bits per heavy atom. The number of nitrogens with one attached hydrogen (secondary N) is 1. The molecule has 130 valence electrons. The van der Waals surface area contributed by atoms with Gasteiger partial charge in [-0.1, -0.05) is 6.08 Å². The molecule has 1 N–H and O–H groups in total. The lowest BCUT2D eigenvalue weighted by Crippen LogP contribution is -2.33. The molecule has 1 amide bonds. The van der Waals surface area contributed by atoms with Crippen molar-refractivity contribution in [3.63, 3.8) is 0 Å². The Bertz CT molecular complexity index is 921. The van der Waals surface area contributed by atoms with E-state index in [0.717, 1.165) is 4.68 Å². The van der Waals surface area contributed by atoms with Gasteiger partial charge in [0.05, 0.1) is 11.4 Å². The molecule has 5 nitrogen and oxygen atoms in total. The first-order valence-corrected chi connectivity index (χ1v) is 7.73. The van der Waals surface area contributed by atoms with Gasteiger partial charge in [0.2, 0.25) is 5.91 Å². The van der Waals surface area contributed by atoms with Gasteiger partial charge in [-0.15, -0.1) is 0 Å². The summed E-state index contributed by atoms with van der Waals surface area (Å²) in [4.78, 5) is 24.0. The summed E-state index contributed by atoms with van der Waals surface area (Å²) in [6, 6.07) is 8.39. The predicted octanol–water partition coefficient (Wildman–Crippen LogP) is 2.94. The summed E-state index contributed by atoms with van der Waals surface area (Å²) < 4.78 is 27.6. The fourth-order valence-electron chi connectivity index (χ4n) is 2.42. The number of aromatic nitrogens is 2. The van der Waals surface area contributed by atoms with E-state index in [1.165, 1.54) is 42.5 Å². The third kappa shape index (κ3) is 4.06. The highest BCUT2D eigenvalue weighted by Gasteiger charge is 2.13. The third-order valence-corrected chi connectivity index (χ3v) is 3.67. The number of rotatable bonds is 4. The molecule has 0 bridgehead atoms. The number of carbonyl (C=O) groups excluding carboxylic acids is 1. The minimum Gasteiger partial charge on any atom is -0.322 e. The van der Waals surface area contributed by atoms with Crippen LogP contribution in [0.4, 0.5) is 8.78 Å². The van der Waals surface area contributed by atoms with Crippen LogP contribution in [0, 0.1) is 5.82 Å². The molecule has 0 saturated heterocycles. The summed E-state index contributed by atoms with van der Waals surface area (Å²) in [5.74, 6) is -1.42. The SMILES string of the molecule is O=C(Cn1nc(-c2ccc(F)cc2)ccc1=O)NC1=CCCC=C1F.[HH]. The second-order valence-electron chi connectivity index (χ2n) is 5.52. The molecule has 1 aliphatic carbocycles. The number of carbonyl (C=O) groups is 1. The van der Waals surface area contributed by atoms with Gasteiger partial charge in [0.25, 0.3) is 5.56 Å². The first-order valence-electron chi connectivity index (χ1n) is 7.73. The van der Waals surface area contributed by atoms with Crippen LogP contribution in [0.15, 0.2) is 64.9 Å². The van der Waals surface area contributed by atoms with E-state index < -0.39 is 17.3 Å². The predicted molar refractivity (Wildman–Crippen MR) is 90.7 cm³/mol. The fourth-order valence-corrected chi connectivity index (χ4v) is 2.42. The van der Waals surface area contributed by atoms with E-state index in [1.54, 1.807) is 6.08 Å². The van der Waals surface area contributed by atoms with E-state index in [4.69, 9.17) is 0 Å². The van der Waals surface area contributed by atoms with Gasteiger partial charge >= 0.3 is 0 Å². The summed E-state index contributed by atoms with van der Waals surface area (Å²) in [6.45, 7) is -0.349.